The van der Waals surface area contributed by atoms with E-state index in [9.17, 15) is 14.4 Å². The van der Waals surface area contributed by atoms with Gasteiger partial charge in [-0.05, 0) is 12.0 Å². The number of aliphatic carboxylic acids is 1. The molecule has 0 radical (unpaired) electrons. The molecule has 7 nitrogen and oxygen atoms in total. The number of nitrogens with two attached hydrogens (primary N) is 1. The lowest BCUT2D eigenvalue weighted by molar-refractivity contribution is -0.139. The summed E-state index contributed by atoms with van der Waals surface area (Å²) in [5.41, 5.74) is 5.79. The minimum Gasteiger partial charge on any atom is -0.481 e. The van der Waals surface area contributed by atoms with Gasteiger partial charge >= 0.3 is 5.97 Å². The van der Waals surface area contributed by atoms with Gasteiger partial charge in [0.05, 0.1) is 0 Å². The number of rotatable bonds is 8. The fourth-order valence-corrected chi connectivity index (χ4v) is 1.82. The molecule has 0 aliphatic heterocycles. The molecule has 1 aromatic rings. The maximum Gasteiger partial charge on any atom is 0.303 e. The molecule has 0 aliphatic rings. The maximum atomic E-state index is 12.1. The van der Waals surface area contributed by atoms with E-state index in [1.807, 2.05) is 0 Å². The number of primary amides is 1. The summed E-state index contributed by atoms with van der Waals surface area (Å²) in [6.07, 6.45) is -1.23. The molecule has 2 amide bonds. The fraction of sp³-hybridized carbons (Fsp3) is 0.357. The Morgan fingerprint density at radius 1 is 1.29 bits per heavy atom. The first-order valence-corrected chi connectivity index (χ1v) is 6.35. The first-order chi connectivity index (χ1) is 9.95. The van der Waals surface area contributed by atoms with Gasteiger partial charge in [0.1, 0.15) is 6.04 Å². The summed E-state index contributed by atoms with van der Waals surface area (Å²) in [5.74, 6) is -2.40. The number of hydrogen-bond donors (Lipinski definition) is 3. The first-order valence-electron chi connectivity index (χ1n) is 6.35. The Bertz CT molecular complexity index is 503. The molecule has 1 aromatic carbocycles. The van der Waals surface area contributed by atoms with E-state index < -0.39 is 29.9 Å². The van der Waals surface area contributed by atoms with E-state index in [0.717, 1.165) is 0 Å². The molecule has 0 heterocycles. The van der Waals surface area contributed by atoms with Crippen LogP contribution in [0.15, 0.2) is 30.3 Å². The lowest BCUT2D eigenvalue weighted by Crippen LogP contribution is -2.46. The highest BCUT2D eigenvalue weighted by atomic mass is 16.5. The third kappa shape index (κ3) is 5.23. The zero-order chi connectivity index (χ0) is 15.8. The van der Waals surface area contributed by atoms with Crippen molar-refractivity contribution >= 4 is 17.8 Å². The van der Waals surface area contributed by atoms with Gasteiger partial charge in [-0.3, -0.25) is 14.4 Å². The Morgan fingerprint density at radius 2 is 1.90 bits per heavy atom. The first kappa shape index (κ1) is 16.6. The van der Waals surface area contributed by atoms with Crippen molar-refractivity contribution in [3.63, 3.8) is 0 Å². The quantitative estimate of drug-likeness (QED) is 0.633. The Balaban J connectivity index is 2.75. The zero-order valence-electron chi connectivity index (χ0n) is 11.6. The van der Waals surface area contributed by atoms with Crippen LogP contribution in [0.1, 0.15) is 24.5 Å². The topological polar surface area (TPSA) is 119 Å². The highest BCUT2D eigenvalue weighted by Gasteiger charge is 2.25. The molecule has 7 heteroatoms. The number of benzene rings is 1. The Hall–Kier alpha value is -2.41. The van der Waals surface area contributed by atoms with Crippen LogP contribution in [0.5, 0.6) is 0 Å². The van der Waals surface area contributed by atoms with Crippen molar-refractivity contribution in [2.45, 2.75) is 25.0 Å². The van der Waals surface area contributed by atoms with E-state index in [-0.39, 0.29) is 12.8 Å². The molecule has 0 aliphatic carbocycles. The van der Waals surface area contributed by atoms with E-state index in [4.69, 9.17) is 15.6 Å². The zero-order valence-corrected chi connectivity index (χ0v) is 11.6. The fourth-order valence-electron chi connectivity index (χ4n) is 1.82. The number of carboxylic acid groups (broad SMARTS) is 1. The smallest absolute Gasteiger partial charge is 0.303 e. The molecule has 0 bridgehead atoms. The van der Waals surface area contributed by atoms with Crippen molar-refractivity contribution < 1.29 is 24.2 Å². The summed E-state index contributed by atoms with van der Waals surface area (Å²) < 4.78 is 5.12. The Labute approximate surface area is 122 Å². The third-order valence-corrected chi connectivity index (χ3v) is 2.88. The molecule has 21 heavy (non-hydrogen) atoms. The lowest BCUT2D eigenvalue weighted by atomic mass is 10.1. The van der Waals surface area contributed by atoms with E-state index in [2.05, 4.69) is 5.32 Å². The van der Waals surface area contributed by atoms with Crippen molar-refractivity contribution in [2.24, 2.45) is 5.73 Å². The van der Waals surface area contributed by atoms with Gasteiger partial charge in [-0.25, -0.2) is 0 Å². The largest absolute Gasteiger partial charge is 0.481 e. The Morgan fingerprint density at radius 3 is 2.38 bits per heavy atom. The lowest BCUT2D eigenvalue weighted by Gasteiger charge is -2.20. The van der Waals surface area contributed by atoms with Crippen LogP contribution in [0.3, 0.4) is 0 Å². The number of carbonyl (C=O) groups is 3. The van der Waals surface area contributed by atoms with Gasteiger partial charge in [-0.1, -0.05) is 30.3 Å². The number of amides is 2. The average molecular weight is 294 g/mol. The SMILES string of the molecule is CO[C@@H](C(=O)N[C@@H](CCC(=O)O)C(N)=O)c1ccccc1. The minimum atomic E-state index is -1.07. The molecule has 0 saturated carbocycles. The van der Waals surface area contributed by atoms with Crippen LogP contribution in [0.2, 0.25) is 0 Å². The van der Waals surface area contributed by atoms with Crippen molar-refractivity contribution in [1.82, 2.24) is 5.32 Å². The van der Waals surface area contributed by atoms with Crippen LogP contribution < -0.4 is 11.1 Å². The number of nitrogens with one attached hydrogen (secondary N) is 1. The van der Waals surface area contributed by atoms with Crippen LogP contribution in [-0.4, -0.2) is 36.0 Å². The van der Waals surface area contributed by atoms with Crippen molar-refractivity contribution in [1.29, 1.82) is 0 Å². The van der Waals surface area contributed by atoms with Gasteiger partial charge in [-0.15, -0.1) is 0 Å². The van der Waals surface area contributed by atoms with Gasteiger partial charge in [-0.2, -0.15) is 0 Å². The standard InChI is InChI=1S/C14H18N2O5/c1-21-12(9-5-3-2-4-6-9)14(20)16-10(13(15)19)7-8-11(17)18/h2-6,10,12H,7-8H2,1H3,(H2,15,19)(H,16,20)(H,17,18)/t10-,12+/m0/s1. The maximum absolute atomic E-state index is 12.1. The van der Waals surface area contributed by atoms with E-state index in [0.29, 0.717) is 5.56 Å². The van der Waals surface area contributed by atoms with Gasteiger partial charge < -0.3 is 20.9 Å². The summed E-state index contributed by atoms with van der Waals surface area (Å²) in [6.45, 7) is 0. The summed E-state index contributed by atoms with van der Waals surface area (Å²) in [7, 11) is 1.37. The van der Waals surface area contributed by atoms with E-state index in [1.54, 1.807) is 30.3 Å². The second kappa shape index (κ2) is 8.01. The van der Waals surface area contributed by atoms with Crippen LogP contribution in [-0.2, 0) is 19.1 Å². The van der Waals surface area contributed by atoms with Gasteiger partial charge in [0, 0.05) is 13.5 Å². The molecule has 1 rings (SSSR count). The van der Waals surface area contributed by atoms with E-state index >= 15 is 0 Å². The highest BCUT2D eigenvalue weighted by Crippen LogP contribution is 2.16. The molecule has 2 atom stereocenters. The molecular weight excluding hydrogens is 276 g/mol. The molecule has 0 unspecified atom stereocenters. The number of ether oxygens (including phenoxy) is 1. The summed E-state index contributed by atoms with van der Waals surface area (Å²) in [5, 5.41) is 11.0. The molecular formula is C14H18N2O5. The molecule has 0 aromatic heterocycles. The average Bonchev–Trinajstić information content (AvgIpc) is 2.44. The third-order valence-electron chi connectivity index (χ3n) is 2.88. The van der Waals surface area contributed by atoms with Crippen molar-refractivity contribution in [3.05, 3.63) is 35.9 Å². The van der Waals surface area contributed by atoms with Crippen LogP contribution >= 0.6 is 0 Å². The normalized spacial score (nSPS) is 13.2. The predicted octanol–water partition coefficient (Wildman–Crippen LogP) is 0.209. The van der Waals surface area contributed by atoms with Crippen molar-refractivity contribution in [2.75, 3.05) is 7.11 Å². The molecule has 0 spiro atoms. The van der Waals surface area contributed by atoms with Crippen LogP contribution in [0.25, 0.3) is 0 Å². The number of methoxy groups -OCH3 is 1. The second-order valence-corrected chi connectivity index (χ2v) is 4.42. The van der Waals surface area contributed by atoms with Crippen LogP contribution in [0.4, 0.5) is 0 Å². The summed E-state index contributed by atoms with van der Waals surface area (Å²) >= 11 is 0. The van der Waals surface area contributed by atoms with Gasteiger partial charge in [0.25, 0.3) is 5.91 Å². The number of carboxylic acids is 1. The molecule has 4 N–H and O–H groups in total. The van der Waals surface area contributed by atoms with Gasteiger partial charge in [0.2, 0.25) is 5.91 Å². The summed E-state index contributed by atoms with van der Waals surface area (Å²) in [6, 6.07) is 7.69. The second-order valence-electron chi connectivity index (χ2n) is 4.42. The van der Waals surface area contributed by atoms with Crippen LogP contribution in [0, 0.1) is 0 Å². The summed E-state index contributed by atoms with van der Waals surface area (Å²) in [4.78, 5) is 33.9. The van der Waals surface area contributed by atoms with Gasteiger partial charge in [0.15, 0.2) is 6.10 Å². The molecule has 114 valence electrons. The van der Waals surface area contributed by atoms with E-state index in [1.165, 1.54) is 7.11 Å². The minimum absolute atomic E-state index is 0.0678. The molecule has 0 fully saturated rings. The number of hydrogen-bond acceptors (Lipinski definition) is 4. The predicted molar refractivity (Wildman–Crippen MR) is 74.2 cm³/mol. The molecule has 0 saturated heterocycles. The Kier molecular flexibility index (Phi) is 6.35. The monoisotopic (exact) mass is 294 g/mol. The highest BCUT2D eigenvalue weighted by molar-refractivity contribution is 5.89. The number of carbonyl (C=O) groups excluding carboxylic acids is 2. The van der Waals surface area contributed by atoms with Crippen molar-refractivity contribution in [3.8, 4) is 0 Å².